The van der Waals surface area contributed by atoms with E-state index in [-0.39, 0.29) is 5.78 Å². The third-order valence-corrected chi connectivity index (χ3v) is 6.64. The summed E-state index contributed by atoms with van der Waals surface area (Å²) in [7, 11) is 3.60. The van der Waals surface area contributed by atoms with Gasteiger partial charge < -0.3 is 14.6 Å². The summed E-state index contributed by atoms with van der Waals surface area (Å²) in [4.78, 5) is 26.7. The zero-order valence-electron chi connectivity index (χ0n) is 20.6. The number of rotatable bonds is 9. The van der Waals surface area contributed by atoms with Crippen LogP contribution < -0.4 is 10.1 Å². The van der Waals surface area contributed by atoms with Crippen molar-refractivity contribution in [3.63, 3.8) is 0 Å². The lowest BCUT2D eigenvalue weighted by atomic mass is 10.0. The number of Topliss-reactive ketones (excluding diaryl/α,β-unsaturated/α-hetero) is 1. The van der Waals surface area contributed by atoms with Crippen molar-refractivity contribution < 1.29 is 9.53 Å². The molecular weight excluding hydrogens is 530 g/mol. The van der Waals surface area contributed by atoms with Gasteiger partial charge in [0.15, 0.2) is 11.6 Å². The molecule has 0 bridgehead atoms. The lowest BCUT2D eigenvalue weighted by Gasteiger charge is -2.12. The maximum absolute atomic E-state index is 12.9. The molecule has 0 atom stereocenters. The topological polar surface area (TPSA) is 81.9 Å². The summed E-state index contributed by atoms with van der Waals surface area (Å²) >= 11 is 3.48. The van der Waals surface area contributed by atoms with Crippen molar-refractivity contribution in [2.45, 2.75) is 19.4 Å². The standard InChI is InChI=1S/C29H26BrN5O2/c1-35-13-10-25-27(35)29(32-18-19-8-11-31-12-9-19)34-28(33-25)21-5-3-4-20(14-21)15-24(36)17-22-16-23(30)6-7-26(22)37-2/h3-14,16H,15,17-18H2,1-2H3,(H,32,33,34). The highest BCUT2D eigenvalue weighted by molar-refractivity contribution is 9.10. The number of fused-ring (bicyclic) bond motifs is 1. The minimum Gasteiger partial charge on any atom is -0.496 e. The number of ether oxygens (including phenoxy) is 1. The van der Waals surface area contributed by atoms with Crippen molar-refractivity contribution in [2.24, 2.45) is 7.05 Å². The molecule has 0 spiro atoms. The first-order chi connectivity index (χ1) is 18.0. The lowest BCUT2D eigenvalue weighted by Crippen LogP contribution is -2.08. The molecule has 5 rings (SSSR count). The zero-order valence-corrected chi connectivity index (χ0v) is 22.2. The van der Waals surface area contributed by atoms with Crippen LogP contribution in [-0.4, -0.2) is 32.4 Å². The van der Waals surface area contributed by atoms with E-state index in [0.717, 1.165) is 43.6 Å². The number of ketones is 1. The summed E-state index contributed by atoms with van der Waals surface area (Å²) in [6.45, 7) is 0.618. The van der Waals surface area contributed by atoms with Crippen LogP contribution in [0.25, 0.3) is 22.4 Å². The maximum Gasteiger partial charge on any atom is 0.162 e. The van der Waals surface area contributed by atoms with Crippen LogP contribution in [0.5, 0.6) is 5.75 Å². The van der Waals surface area contributed by atoms with Crippen molar-refractivity contribution in [3.8, 4) is 17.1 Å². The molecule has 1 N–H and O–H groups in total. The normalized spacial score (nSPS) is 11.0. The fourth-order valence-corrected chi connectivity index (χ4v) is 4.75. The predicted molar refractivity (Wildman–Crippen MR) is 149 cm³/mol. The van der Waals surface area contributed by atoms with Crippen LogP contribution in [0.15, 0.2) is 83.7 Å². The van der Waals surface area contributed by atoms with Crippen LogP contribution in [0, 0.1) is 0 Å². The molecule has 0 saturated carbocycles. The molecule has 0 aliphatic heterocycles. The Balaban J connectivity index is 1.39. The SMILES string of the molecule is COc1ccc(Br)cc1CC(=O)Cc1cccc(-c2nc(NCc3ccncc3)c3c(ccn3C)n2)c1. The van der Waals surface area contributed by atoms with Gasteiger partial charge in [0, 0.05) is 60.6 Å². The average Bonchev–Trinajstić information content (AvgIpc) is 3.29. The highest BCUT2D eigenvalue weighted by atomic mass is 79.9. The van der Waals surface area contributed by atoms with Gasteiger partial charge in [-0.3, -0.25) is 9.78 Å². The van der Waals surface area contributed by atoms with Crippen molar-refractivity contribution in [1.82, 2.24) is 19.5 Å². The van der Waals surface area contributed by atoms with Gasteiger partial charge in [-0.05, 0) is 53.6 Å². The van der Waals surface area contributed by atoms with E-state index in [1.54, 1.807) is 19.5 Å². The fourth-order valence-electron chi connectivity index (χ4n) is 4.34. The number of benzene rings is 2. The van der Waals surface area contributed by atoms with Gasteiger partial charge >= 0.3 is 0 Å². The molecule has 0 aliphatic rings. The summed E-state index contributed by atoms with van der Waals surface area (Å²) in [6.07, 6.45) is 6.14. The van der Waals surface area contributed by atoms with Gasteiger partial charge in [0.1, 0.15) is 17.0 Å². The predicted octanol–water partition coefficient (Wildman–Crippen LogP) is 5.77. The van der Waals surface area contributed by atoms with E-state index in [0.29, 0.717) is 31.0 Å². The summed E-state index contributed by atoms with van der Waals surface area (Å²) in [6, 6.07) is 19.5. The van der Waals surface area contributed by atoms with Gasteiger partial charge in [-0.15, -0.1) is 0 Å². The summed E-state index contributed by atoms with van der Waals surface area (Å²) in [5.74, 6) is 2.18. The Hall–Kier alpha value is -4.04. The number of pyridine rings is 1. The van der Waals surface area contributed by atoms with Gasteiger partial charge in [-0.1, -0.05) is 34.1 Å². The Labute approximate surface area is 223 Å². The van der Waals surface area contributed by atoms with Gasteiger partial charge in [0.2, 0.25) is 0 Å². The third kappa shape index (κ3) is 5.70. The fraction of sp³-hybridized carbons (Fsp3) is 0.172. The summed E-state index contributed by atoms with van der Waals surface area (Å²) in [5.41, 5.74) is 5.54. The number of hydrogen-bond acceptors (Lipinski definition) is 6. The lowest BCUT2D eigenvalue weighted by molar-refractivity contribution is -0.117. The Morgan fingerprint density at radius 2 is 1.84 bits per heavy atom. The average molecular weight is 556 g/mol. The molecule has 3 aromatic heterocycles. The van der Waals surface area contributed by atoms with E-state index in [2.05, 4.69) is 26.2 Å². The second kappa shape index (κ2) is 10.9. The number of aromatic nitrogens is 4. The number of carbonyl (C=O) groups excluding carboxylic acids is 1. The van der Waals surface area contributed by atoms with E-state index < -0.39 is 0 Å². The van der Waals surface area contributed by atoms with E-state index >= 15 is 0 Å². The largest absolute Gasteiger partial charge is 0.496 e. The van der Waals surface area contributed by atoms with Crippen LogP contribution in [0.3, 0.4) is 0 Å². The highest BCUT2D eigenvalue weighted by Gasteiger charge is 2.14. The molecule has 2 aromatic carbocycles. The highest BCUT2D eigenvalue weighted by Crippen LogP contribution is 2.27. The molecule has 37 heavy (non-hydrogen) atoms. The zero-order chi connectivity index (χ0) is 25.8. The molecule has 8 heteroatoms. The number of aryl methyl sites for hydroxylation is 1. The molecule has 0 saturated heterocycles. The van der Waals surface area contributed by atoms with Gasteiger partial charge in [0.25, 0.3) is 0 Å². The first-order valence-electron chi connectivity index (χ1n) is 11.9. The quantitative estimate of drug-likeness (QED) is 0.248. The monoisotopic (exact) mass is 555 g/mol. The number of methoxy groups -OCH3 is 1. The molecule has 186 valence electrons. The molecule has 7 nitrogen and oxygen atoms in total. The van der Waals surface area contributed by atoms with Crippen molar-refractivity contribution >= 4 is 38.6 Å². The number of nitrogens with one attached hydrogen (secondary N) is 1. The number of anilines is 1. The van der Waals surface area contributed by atoms with Crippen molar-refractivity contribution in [1.29, 1.82) is 0 Å². The second-order valence-corrected chi connectivity index (χ2v) is 9.73. The molecule has 0 radical (unpaired) electrons. The van der Waals surface area contributed by atoms with Crippen LogP contribution in [0.1, 0.15) is 16.7 Å². The van der Waals surface area contributed by atoms with Gasteiger partial charge in [-0.25, -0.2) is 9.97 Å². The maximum atomic E-state index is 12.9. The van der Waals surface area contributed by atoms with Gasteiger partial charge in [0.05, 0.1) is 12.6 Å². The molecular formula is C29H26BrN5O2. The molecule has 3 heterocycles. The van der Waals surface area contributed by atoms with E-state index in [1.165, 1.54) is 0 Å². The van der Waals surface area contributed by atoms with Gasteiger partial charge in [-0.2, -0.15) is 0 Å². The smallest absolute Gasteiger partial charge is 0.162 e. The number of hydrogen-bond donors (Lipinski definition) is 1. The number of halogens is 1. The first-order valence-corrected chi connectivity index (χ1v) is 12.7. The Kier molecular flexibility index (Phi) is 7.28. The summed E-state index contributed by atoms with van der Waals surface area (Å²) < 4.78 is 8.35. The van der Waals surface area contributed by atoms with E-state index in [9.17, 15) is 4.79 Å². The second-order valence-electron chi connectivity index (χ2n) is 8.81. The molecule has 0 fully saturated rings. The van der Waals surface area contributed by atoms with Crippen LogP contribution in [-0.2, 0) is 31.2 Å². The van der Waals surface area contributed by atoms with E-state index in [4.69, 9.17) is 14.7 Å². The molecule has 0 aliphatic carbocycles. The minimum atomic E-state index is 0.104. The third-order valence-electron chi connectivity index (χ3n) is 6.15. The van der Waals surface area contributed by atoms with Crippen molar-refractivity contribution in [3.05, 3.63) is 100 Å². The Morgan fingerprint density at radius 1 is 1.00 bits per heavy atom. The van der Waals surface area contributed by atoms with E-state index in [1.807, 2.05) is 78.5 Å². The Morgan fingerprint density at radius 3 is 2.65 bits per heavy atom. The minimum absolute atomic E-state index is 0.104. The van der Waals surface area contributed by atoms with Crippen LogP contribution in [0.4, 0.5) is 5.82 Å². The first kappa shape index (κ1) is 24.6. The molecule has 5 aromatic rings. The number of nitrogens with zero attached hydrogens (tertiary/aromatic N) is 4. The van der Waals surface area contributed by atoms with Crippen LogP contribution in [0.2, 0.25) is 0 Å². The Bertz CT molecular complexity index is 1570. The number of carbonyl (C=O) groups is 1. The van der Waals surface area contributed by atoms with Crippen molar-refractivity contribution in [2.75, 3.05) is 12.4 Å². The molecule has 0 amide bonds. The van der Waals surface area contributed by atoms with Crippen LogP contribution >= 0.6 is 15.9 Å². The summed E-state index contributed by atoms with van der Waals surface area (Å²) in [5, 5.41) is 3.46. The molecule has 0 unspecified atom stereocenters.